The highest BCUT2D eigenvalue weighted by Crippen LogP contribution is 2.38. The van der Waals surface area contributed by atoms with Crippen LogP contribution in [0.2, 0.25) is 5.15 Å². The van der Waals surface area contributed by atoms with E-state index in [0.717, 1.165) is 20.7 Å². The van der Waals surface area contributed by atoms with E-state index < -0.39 is 0 Å². The number of aliphatic hydroxyl groups excluding tert-OH is 1. The Bertz CT molecular complexity index is 663. The fraction of sp³-hybridized carbons (Fsp3) is 0.0909. The Kier molecular flexibility index (Phi) is 2.84. The van der Waals surface area contributed by atoms with Crippen molar-refractivity contribution in [2.24, 2.45) is 0 Å². The lowest BCUT2D eigenvalue weighted by atomic mass is 10.2. The molecule has 0 fully saturated rings. The second-order valence-corrected chi connectivity index (χ2v) is 5.56. The summed E-state index contributed by atoms with van der Waals surface area (Å²) in [6, 6.07) is 4.04. The van der Waals surface area contributed by atoms with E-state index in [1.165, 1.54) is 11.3 Å². The van der Waals surface area contributed by atoms with E-state index in [1.54, 1.807) is 11.3 Å². The van der Waals surface area contributed by atoms with Gasteiger partial charge >= 0.3 is 0 Å². The highest BCUT2D eigenvalue weighted by Gasteiger charge is 2.14. The molecular weight excluding hydrogens is 276 g/mol. The number of halogens is 1. The first-order valence-corrected chi connectivity index (χ1v) is 7.01. The second kappa shape index (κ2) is 4.34. The minimum atomic E-state index is -0.193. The fourth-order valence-electron chi connectivity index (χ4n) is 1.62. The van der Waals surface area contributed by atoms with Crippen molar-refractivity contribution in [3.05, 3.63) is 33.9 Å². The number of hydrogen-bond donors (Lipinski definition) is 1. The number of fused-ring (bicyclic) bond motifs is 1. The number of rotatable bonds is 2. The van der Waals surface area contributed by atoms with E-state index >= 15 is 0 Å². The minimum absolute atomic E-state index is 0.193. The molecule has 3 rings (SSSR count). The summed E-state index contributed by atoms with van der Waals surface area (Å²) < 4.78 is 0. The number of thiophene rings is 2. The van der Waals surface area contributed by atoms with Crippen molar-refractivity contribution in [3.8, 4) is 10.4 Å². The van der Waals surface area contributed by atoms with E-state index in [1.807, 2.05) is 22.9 Å². The number of aliphatic hydroxyl groups is 1. The molecule has 0 aliphatic carbocycles. The lowest BCUT2D eigenvalue weighted by molar-refractivity contribution is 0.272. The van der Waals surface area contributed by atoms with Crippen molar-refractivity contribution >= 4 is 44.5 Å². The van der Waals surface area contributed by atoms with Gasteiger partial charge in [0.15, 0.2) is 5.82 Å². The first-order chi connectivity index (χ1) is 8.29. The van der Waals surface area contributed by atoms with Crippen LogP contribution in [-0.2, 0) is 6.61 Å². The third-order valence-corrected chi connectivity index (χ3v) is 4.41. The highest BCUT2D eigenvalue weighted by molar-refractivity contribution is 7.18. The van der Waals surface area contributed by atoms with Gasteiger partial charge in [-0.1, -0.05) is 17.7 Å². The predicted molar refractivity (Wildman–Crippen MR) is 71.7 cm³/mol. The van der Waals surface area contributed by atoms with Crippen LogP contribution in [0.1, 0.15) is 5.82 Å². The van der Waals surface area contributed by atoms with Gasteiger partial charge in [-0.3, -0.25) is 0 Å². The molecule has 3 aromatic heterocycles. The van der Waals surface area contributed by atoms with Crippen molar-refractivity contribution in [2.75, 3.05) is 0 Å². The van der Waals surface area contributed by atoms with Crippen LogP contribution >= 0.6 is 34.3 Å². The lowest BCUT2D eigenvalue weighted by Crippen LogP contribution is -1.94. The molecule has 0 saturated heterocycles. The molecular formula is C11H7ClN2OS2. The summed E-state index contributed by atoms with van der Waals surface area (Å²) in [5.41, 5.74) is 1.06. The van der Waals surface area contributed by atoms with Crippen molar-refractivity contribution in [1.82, 2.24) is 9.97 Å². The molecule has 0 aliphatic rings. The zero-order valence-corrected chi connectivity index (χ0v) is 10.9. The molecule has 0 aromatic carbocycles. The second-order valence-electron chi connectivity index (χ2n) is 3.40. The van der Waals surface area contributed by atoms with E-state index in [9.17, 15) is 0 Å². The van der Waals surface area contributed by atoms with Gasteiger partial charge in [0, 0.05) is 15.8 Å². The Morgan fingerprint density at radius 1 is 1.29 bits per heavy atom. The Morgan fingerprint density at radius 2 is 2.18 bits per heavy atom. The van der Waals surface area contributed by atoms with Gasteiger partial charge in [0.1, 0.15) is 16.6 Å². The van der Waals surface area contributed by atoms with Gasteiger partial charge in [-0.15, -0.1) is 22.7 Å². The van der Waals surface area contributed by atoms with Gasteiger partial charge in [0.05, 0.1) is 5.39 Å². The average Bonchev–Trinajstić information content (AvgIpc) is 2.96. The number of aromatic nitrogens is 2. The van der Waals surface area contributed by atoms with Gasteiger partial charge in [0.2, 0.25) is 0 Å². The SMILES string of the molecule is OCc1nc(Cl)c2c(-c3cccs3)csc2n1. The van der Waals surface area contributed by atoms with Crippen LogP contribution in [0.3, 0.4) is 0 Å². The summed E-state index contributed by atoms with van der Waals surface area (Å²) in [5, 5.41) is 14.4. The van der Waals surface area contributed by atoms with Gasteiger partial charge in [0.25, 0.3) is 0 Å². The molecule has 3 nitrogen and oxygen atoms in total. The molecule has 3 heterocycles. The van der Waals surface area contributed by atoms with Crippen molar-refractivity contribution in [3.63, 3.8) is 0 Å². The van der Waals surface area contributed by atoms with Crippen LogP contribution in [0.15, 0.2) is 22.9 Å². The smallest absolute Gasteiger partial charge is 0.157 e. The molecule has 86 valence electrons. The maximum atomic E-state index is 9.04. The van der Waals surface area contributed by atoms with E-state index in [2.05, 4.69) is 9.97 Å². The molecule has 3 aromatic rings. The molecule has 17 heavy (non-hydrogen) atoms. The fourth-order valence-corrected chi connectivity index (χ4v) is 3.75. The molecule has 0 unspecified atom stereocenters. The Balaban J connectivity index is 2.29. The molecule has 0 saturated carbocycles. The molecule has 0 spiro atoms. The standard InChI is InChI=1S/C11H7ClN2OS2/c12-10-9-6(7-2-1-3-16-7)5-17-11(9)14-8(4-15)13-10/h1-3,5,15H,4H2. The van der Waals surface area contributed by atoms with Crippen LogP contribution in [0.5, 0.6) is 0 Å². The van der Waals surface area contributed by atoms with Crippen molar-refractivity contribution in [1.29, 1.82) is 0 Å². The Hall–Kier alpha value is -1.01. The molecule has 6 heteroatoms. The summed E-state index contributed by atoms with van der Waals surface area (Å²) in [7, 11) is 0. The van der Waals surface area contributed by atoms with Crippen molar-refractivity contribution < 1.29 is 5.11 Å². The first-order valence-electron chi connectivity index (χ1n) is 4.88. The first kappa shape index (κ1) is 11.1. The third-order valence-electron chi connectivity index (χ3n) is 2.36. The molecule has 0 aliphatic heterocycles. The summed E-state index contributed by atoms with van der Waals surface area (Å²) >= 11 is 9.33. The third kappa shape index (κ3) is 1.85. The highest BCUT2D eigenvalue weighted by atomic mass is 35.5. The van der Waals surface area contributed by atoms with Gasteiger partial charge in [-0.2, -0.15) is 0 Å². The summed E-state index contributed by atoms with van der Waals surface area (Å²) in [5.74, 6) is 0.363. The summed E-state index contributed by atoms with van der Waals surface area (Å²) in [6.45, 7) is -0.193. The van der Waals surface area contributed by atoms with Crippen LogP contribution in [-0.4, -0.2) is 15.1 Å². The topological polar surface area (TPSA) is 46.0 Å². The van der Waals surface area contributed by atoms with Crippen molar-refractivity contribution in [2.45, 2.75) is 6.61 Å². The molecule has 1 N–H and O–H groups in total. The van der Waals surface area contributed by atoms with Gasteiger partial charge in [-0.05, 0) is 11.4 Å². The van der Waals surface area contributed by atoms with Crippen LogP contribution in [0, 0.1) is 0 Å². The van der Waals surface area contributed by atoms with Gasteiger partial charge in [-0.25, -0.2) is 9.97 Å². The van der Waals surface area contributed by atoms with Crippen LogP contribution in [0.25, 0.3) is 20.7 Å². The predicted octanol–water partition coefficient (Wildman–Crippen LogP) is 3.57. The van der Waals surface area contributed by atoms with Crippen LogP contribution < -0.4 is 0 Å². The van der Waals surface area contributed by atoms with E-state index in [4.69, 9.17) is 16.7 Å². The molecule has 0 bridgehead atoms. The zero-order valence-electron chi connectivity index (χ0n) is 8.55. The normalized spacial score (nSPS) is 11.2. The molecule has 0 atom stereocenters. The maximum absolute atomic E-state index is 9.04. The summed E-state index contributed by atoms with van der Waals surface area (Å²) in [4.78, 5) is 10.3. The Labute approximate surface area is 110 Å². The molecule has 0 radical (unpaired) electrons. The molecule has 0 amide bonds. The lowest BCUT2D eigenvalue weighted by Gasteiger charge is -2.00. The van der Waals surface area contributed by atoms with Crippen LogP contribution in [0.4, 0.5) is 0 Å². The van der Waals surface area contributed by atoms with E-state index in [0.29, 0.717) is 11.0 Å². The average molecular weight is 283 g/mol. The zero-order chi connectivity index (χ0) is 11.8. The Morgan fingerprint density at radius 3 is 2.88 bits per heavy atom. The summed E-state index contributed by atoms with van der Waals surface area (Å²) in [6.07, 6.45) is 0. The maximum Gasteiger partial charge on any atom is 0.157 e. The van der Waals surface area contributed by atoms with Gasteiger partial charge < -0.3 is 5.11 Å². The largest absolute Gasteiger partial charge is 0.388 e. The number of hydrogen-bond acceptors (Lipinski definition) is 5. The van der Waals surface area contributed by atoms with E-state index in [-0.39, 0.29) is 6.61 Å². The minimum Gasteiger partial charge on any atom is -0.388 e. The monoisotopic (exact) mass is 282 g/mol. The number of nitrogens with zero attached hydrogens (tertiary/aromatic N) is 2. The quantitative estimate of drug-likeness (QED) is 0.731.